The van der Waals surface area contributed by atoms with Crippen molar-refractivity contribution in [1.82, 2.24) is 0 Å². The van der Waals surface area contributed by atoms with Gasteiger partial charge in [0.15, 0.2) is 36.3 Å². The van der Waals surface area contributed by atoms with E-state index in [9.17, 15) is 19.2 Å². The highest BCUT2D eigenvalue weighted by Crippen LogP contribution is 2.28. The molecular formula is C22H21NO7. The summed E-state index contributed by atoms with van der Waals surface area (Å²) in [6, 6.07) is 9.56. The van der Waals surface area contributed by atoms with Gasteiger partial charge in [-0.25, -0.2) is 4.79 Å². The number of methoxy groups -OCH3 is 1. The van der Waals surface area contributed by atoms with E-state index < -0.39 is 19.2 Å². The van der Waals surface area contributed by atoms with E-state index in [1.54, 1.807) is 24.3 Å². The Morgan fingerprint density at radius 1 is 0.967 bits per heavy atom. The lowest BCUT2D eigenvalue weighted by molar-refractivity contribution is -0.144. The molecule has 8 nitrogen and oxygen atoms in total. The fourth-order valence-electron chi connectivity index (χ4n) is 2.97. The number of benzene rings is 2. The molecular weight excluding hydrogens is 390 g/mol. The average molecular weight is 411 g/mol. The summed E-state index contributed by atoms with van der Waals surface area (Å²) in [4.78, 5) is 47.1. The Morgan fingerprint density at radius 2 is 1.73 bits per heavy atom. The number of hydrogen-bond acceptors (Lipinski definition) is 7. The zero-order chi connectivity index (χ0) is 21.7. The molecule has 0 bridgehead atoms. The van der Waals surface area contributed by atoms with E-state index in [2.05, 4.69) is 5.32 Å². The monoisotopic (exact) mass is 411 g/mol. The lowest BCUT2D eigenvalue weighted by Gasteiger charge is -2.17. The largest absolute Gasteiger partial charge is 0.493 e. The number of anilines is 1. The number of nitrogens with one attached hydrogen (secondary N) is 1. The van der Waals surface area contributed by atoms with E-state index in [1.807, 2.05) is 0 Å². The van der Waals surface area contributed by atoms with Crippen molar-refractivity contribution in [2.24, 2.45) is 0 Å². The number of fused-ring (bicyclic) bond motifs is 1. The van der Waals surface area contributed by atoms with Crippen LogP contribution < -0.4 is 14.8 Å². The van der Waals surface area contributed by atoms with Crippen molar-refractivity contribution in [2.45, 2.75) is 19.8 Å². The number of esters is 1. The van der Waals surface area contributed by atoms with Crippen LogP contribution in [0.4, 0.5) is 5.69 Å². The van der Waals surface area contributed by atoms with Gasteiger partial charge in [0.05, 0.1) is 7.11 Å². The van der Waals surface area contributed by atoms with Crippen LogP contribution in [-0.2, 0) is 20.7 Å². The van der Waals surface area contributed by atoms with Gasteiger partial charge in [-0.3, -0.25) is 14.4 Å². The third-order valence-electron chi connectivity index (χ3n) is 4.60. The topological polar surface area (TPSA) is 108 Å². The number of carbonyl (C=O) groups excluding carboxylic acids is 4. The maximum Gasteiger partial charge on any atom is 0.344 e. The summed E-state index contributed by atoms with van der Waals surface area (Å²) in [6.45, 7) is 0.593. The van der Waals surface area contributed by atoms with Gasteiger partial charge >= 0.3 is 5.97 Å². The van der Waals surface area contributed by atoms with Gasteiger partial charge in [-0.1, -0.05) is 0 Å². The van der Waals surface area contributed by atoms with Crippen LogP contribution in [0.5, 0.6) is 11.5 Å². The molecule has 0 aliphatic carbocycles. The van der Waals surface area contributed by atoms with Crippen LogP contribution >= 0.6 is 0 Å². The Balaban J connectivity index is 1.53. The van der Waals surface area contributed by atoms with E-state index in [1.165, 1.54) is 26.2 Å². The van der Waals surface area contributed by atoms with E-state index in [0.717, 1.165) is 5.56 Å². The number of carbonyl (C=O) groups is 4. The third kappa shape index (κ3) is 5.02. The van der Waals surface area contributed by atoms with Gasteiger partial charge < -0.3 is 19.5 Å². The van der Waals surface area contributed by atoms with Gasteiger partial charge in [0.2, 0.25) is 5.91 Å². The number of rotatable bonds is 8. The molecule has 3 rings (SSSR count). The molecule has 1 heterocycles. The molecule has 156 valence electrons. The molecule has 0 fully saturated rings. The zero-order valence-electron chi connectivity index (χ0n) is 16.7. The summed E-state index contributed by atoms with van der Waals surface area (Å²) < 4.78 is 15.6. The number of amides is 1. The third-order valence-corrected chi connectivity index (χ3v) is 4.60. The average Bonchev–Trinajstić information content (AvgIpc) is 2.75. The van der Waals surface area contributed by atoms with E-state index in [0.29, 0.717) is 35.4 Å². The van der Waals surface area contributed by atoms with Crippen molar-refractivity contribution in [2.75, 3.05) is 25.6 Å². The molecule has 0 saturated carbocycles. The van der Waals surface area contributed by atoms with Crippen LogP contribution in [0.1, 0.15) is 39.6 Å². The number of aryl methyl sites for hydroxylation is 1. The Kier molecular flexibility index (Phi) is 6.46. The first-order valence-electron chi connectivity index (χ1n) is 9.30. The van der Waals surface area contributed by atoms with Gasteiger partial charge in [-0.2, -0.15) is 0 Å². The minimum absolute atomic E-state index is 0.0527. The first-order chi connectivity index (χ1) is 14.4. The first-order valence-corrected chi connectivity index (χ1v) is 9.30. The molecule has 0 aromatic heterocycles. The summed E-state index contributed by atoms with van der Waals surface area (Å²) >= 11 is 0. The maximum atomic E-state index is 12.3. The van der Waals surface area contributed by atoms with Crippen LogP contribution in [-0.4, -0.2) is 43.8 Å². The fraction of sp³-hybridized carbons (Fsp3) is 0.273. The second kappa shape index (κ2) is 9.21. The van der Waals surface area contributed by atoms with Crippen LogP contribution in [0.25, 0.3) is 0 Å². The number of hydrogen-bond donors (Lipinski definition) is 1. The highest BCUT2D eigenvalue weighted by Gasteiger charge is 2.18. The molecule has 0 spiro atoms. The van der Waals surface area contributed by atoms with Crippen LogP contribution in [0.3, 0.4) is 0 Å². The predicted octanol–water partition coefficient (Wildman–Crippen LogP) is 2.59. The van der Waals surface area contributed by atoms with Gasteiger partial charge in [0, 0.05) is 23.2 Å². The number of Topliss-reactive ketones (excluding diaryl/α,β-unsaturated/α-hetero) is 2. The molecule has 1 aliphatic rings. The molecule has 1 aliphatic heterocycles. The van der Waals surface area contributed by atoms with Crippen molar-refractivity contribution in [3.05, 3.63) is 53.1 Å². The van der Waals surface area contributed by atoms with Crippen molar-refractivity contribution < 1.29 is 33.4 Å². The highest BCUT2D eigenvalue weighted by molar-refractivity contribution is 6.00. The second-order valence-corrected chi connectivity index (χ2v) is 6.71. The molecule has 0 saturated heterocycles. The van der Waals surface area contributed by atoms with Gasteiger partial charge in [0.25, 0.3) is 0 Å². The summed E-state index contributed by atoms with van der Waals surface area (Å²) in [5, 5.41) is 2.75. The normalized spacial score (nSPS) is 12.4. The Hall–Kier alpha value is -3.68. The maximum absolute atomic E-state index is 12.3. The van der Waals surface area contributed by atoms with Crippen LogP contribution in [0.2, 0.25) is 0 Å². The minimum atomic E-state index is -0.716. The van der Waals surface area contributed by atoms with Crippen LogP contribution in [0.15, 0.2) is 36.4 Å². The standard InChI is InChI=1S/C22H21NO7/c1-13(24)14-4-7-19(20(10-14)28-2)29-12-22(27)30-11-18(25)16-3-6-17-15(9-16)5-8-21(26)23-17/h3-4,6-7,9-10H,5,8,11-12H2,1-2H3,(H,23,26). The Morgan fingerprint density at radius 3 is 2.47 bits per heavy atom. The van der Waals surface area contributed by atoms with E-state index in [-0.39, 0.29) is 23.2 Å². The van der Waals surface area contributed by atoms with E-state index >= 15 is 0 Å². The second-order valence-electron chi connectivity index (χ2n) is 6.71. The summed E-state index contributed by atoms with van der Waals surface area (Å²) in [7, 11) is 1.42. The highest BCUT2D eigenvalue weighted by atomic mass is 16.6. The Bertz CT molecular complexity index is 1010. The molecule has 30 heavy (non-hydrogen) atoms. The van der Waals surface area contributed by atoms with Crippen molar-refractivity contribution >= 4 is 29.1 Å². The predicted molar refractivity (Wildman–Crippen MR) is 107 cm³/mol. The zero-order valence-corrected chi connectivity index (χ0v) is 16.7. The first kappa shape index (κ1) is 21.0. The molecule has 0 unspecified atom stereocenters. The van der Waals surface area contributed by atoms with Crippen molar-refractivity contribution in [3.8, 4) is 11.5 Å². The van der Waals surface area contributed by atoms with E-state index in [4.69, 9.17) is 14.2 Å². The smallest absolute Gasteiger partial charge is 0.344 e. The summed E-state index contributed by atoms with van der Waals surface area (Å²) in [5.74, 6) is -0.654. The quantitative estimate of drug-likeness (QED) is 0.525. The molecule has 2 aromatic carbocycles. The molecule has 0 radical (unpaired) electrons. The fourth-order valence-corrected chi connectivity index (χ4v) is 2.97. The number of ketones is 2. The summed E-state index contributed by atoms with van der Waals surface area (Å²) in [5.41, 5.74) is 2.42. The van der Waals surface area contributed by atoms with Crippen molar-refractivity contribution in [3.63, 3.8) is 0 Å². The lowest BCUT2D eigenvalue weighted by atomic mass is 9.99. The molecule has 2 aromatic rings. The molecule has 0 atom stereocenters. The van der Waals surface area contributed by atoms with Gasteiger partial charge in [0.1, 0.15) is 0 Å². The molecule has 1 N–H and O–H groups in total. The lowest BCUT2D eigenvalue weighted by Crippen LogP contribution is -2.21. The van der Waals surface area contributed by atoms with Gasteiger partial charge in [-0.15, -0.1) is 0 Å². The molecule has 1 amide bonds. The van der Waals surface area contributed by atoms with Crippen LogP contribution in [0, 0.1) is 0 Å². The van der Waals surface area contributed by atoms with Crippen molar-refractivity contribution in [1.29, 1.82) is 0 Å². The SMILES string of the molecule is COc1cc(C(C)=O)ccc1OCC(=O)OCC(=O)c1ccc2c(c1)CCC(=O)N2. The molecule has 8 heteroatoms. The minimum Gasteiger partial charge on any atom is -0.493 e. The Labute approximate surface area is 173 Å². The van der Waals surface area contributed by atoms with Gasteiger partial charge in [-0.05, 0) is 55.3 Å². The summed E-state index contributed by atoms with van der Waals surface area (Å²) in [6.07, 6.45) is 0.925. The number of ether oxygens (including phenoxy) is 3.